The molecule has 2 N–H and O–H groups in total. The Bertz CT molecular complexity index is 231. The predicted molar refractivity (Wildman–Crippen MR) is 73.7 cm³/mol. The van der Waals surface area contributed by atoms with Crippen molar-refractivity contribution >= 4 is 5.91 Å². The van der Waals surface area contributed by atoms with E-state index < -0.39 is 6.04 Å². The van der Waals surface area contributed by atoms with Crippen molar-refractivity contribution in [1.29, 1.82) is 0 Å². The van der Waals surface area contributed by atoms with Crippen LogP contribution in [0.15, 0.2) is 0 Å². The SMILES string of the molecule is CC(C)CN(CC(C)C)C(=O)C(N)C(C)(C)C. The van der Waals surface area contributed by atoms with Gasteiger partial charge >= 0.3 is 0 Å². The zero-order valence-electron chi connectivity index (χ0n) is 12.6. The fourth-order valence-electron chi connectivity index (χ4n) is 1.70. The summed E-state index contributed by atoms with van der Waals surface area (Å²) in [5, 5.41) is 0. The summed E-state index contributed by atoms with van der Waals surface area (Å²) in [6.07, 6.45) is 0. The van der Waals surface area contributed by atoms with E-state index in [1.165, 1.54) is 0 Å². The van der Waals surface area contributed by atoms with Crippen molar-refractivity contribution in [3.63, 3.8) is 0 Å². The summed E-state index contributed by atoms with van der Waals surface area (Å²) in [6, 6.07) is -0.417. The lowest BCUT2D eigenvalue weighted by molar-refractivity contribution is -0.136. The number of nitrogens with two attached hydrogens (primary N) is 1. The predicted octanol–water partition coefficient (Wildman–Crippen LogP) is 2.50. The topological polar surface area (TPSA) is 46.3 Å². The largest absolute Gasteiger partial charge is 0.341 e. The lowest BCUT2D eigenvalue weighted by Crippen LogP contribution is -2.52. The second kappa shape index (κ2) is 6.39. The van der Waals surface area contributed by atoms with Crippen molar-refractivity contribution < 1.29 is 4.79 Å². The van der Waals surface area contributed by atoms with Crippen molar-refractivity contribution in [2.45, 2.75) is 54.5 Å². The fourth-order valence-corrected chi connectivity index (χ4v) is 1.70. The van der Waals surface area contributed by atoms with Gasteiger partial charge in [-0.2, -0.15) is 0 Å². The highest BCUT2D eigenvalue weighted by Crippen LogP contribution is 2.20. The Balaban J connectivity index is 4.74. The van der Waals surface area contributed by atoms with Gasteiger partial charge in [-0.3, -0.25) is 4.79 Å². The normalized spacial score (nSPS) is 14.2. The van der Waals surface area contributed by atoms with E-state index in [1.807, 2.05) is 25.7 Å². The smallest absolute Gasteiger partial charge is 0.240 e. The van der Waals surface area contributed by atoms with E-state index >= 15 is 0 Å². The van der Waals surface area contributed by atoms with Crippen LogP contribution in [0.5, 0.6) is 0 Å². The van der Waals surface area contributed by atoms with E-state index in [2.05, 4.69) is 27.7 Å². The summed E-state index contributed by atoms with van der Waals surface area (Å²) < 4.78 is 0. The highest BCUT2D eigenvalue weighted by molar-refractivity contribution is 5.82. The van der Waals surface area contributed by atoms with Gasteiger partial charge < -0.3 is 10.6 Å². The van der Waals surface area contributed by atoms with Gasteiger partial charge in [0.2, 0.25) is 5.91 Å². The number of hydrogen-bond donors (Lipinski definition) is 1. The van der Waals surface area contributed by atoms with Crippen molar-refractivity contribution in [1.82, 2.24) is 4.90 Å². The minimum atomic E-state index is -0.417. The summed E-state index contributed by atoms with van der Waals surface area (Å²) in [4.78, 5) is 14.3. The monoisotopic (exact) mass is 242 g/mol. The first-order valence-corrected chi connectivity index (χ1v) is 6.60. The third kappa shape index (κ3) is 6.06. The molecule has 0 fully saturated rings. The van der Waals surface area contributed by atoms with Crippen LogP contribution in [-0.4, -0.2) is 29.9 Å². The molecule has 0 aromatic heterocycles. The maximum absolute atomic E-state index is 12.4. The minimum absolute atomic E-state index is 0.0832. The zero-order valence-corrected chi connectivity index (χ0v) is 12.6. The van der Waals surface area contributed by atoms with Crippen LogP contribution in [0.25, 0.3) is 0 Å². The lowest BCUT2D eigenvalue weighted by Gasteiger charge is -2.34. The molecule has 17 heavy (non-hydrogen) atoms. The molecule has 0 saturated heterocycles. The zero-order chi connectivity index (χ0) is 13.8. The Hall–Kier alpha value is -0.570. The molecule has 0 heterocycles. The number of carbonyl (C=O) groups is 1. The summed E-state index contributed by atoms with van der Waals surface area (Å²) in [6.45, 7) is 16.1. The van der Waals surface area contributed by atoms with Gasteiger partial charge in [-0.25, -0.2) is 0 Å². The Labute approximate surface area is 107 Å². The molecule has 102 valence electrons. The second-order valence-electron chi connectivity index (χ2n) is 6.87. The summed E-state index contributed by atoms with van der Waals surface area (Å²) in [7, 11) is 0. The minimum Gasteiger partial charge on any atom is -0.341 e. The van der Waals surface area contributed by atoms with Gasteiger partial charge in [0.05, 0.1) is 6.04 Å². The number of carbonyl (C=O) groups excluding carboxylic acids is 1. The molecular formula is C14H30N2O. The summed E-state index contributed by atoms with van der Waals surface area (Å²) >= 11 is 0. The number of amides is 1. The molecule has 0 aliphatic heterocycles. The number of rotatable bonds is 5. The van der Waals surface area contributed by atoms with E-state index in [9.17, 15) is 4.79 Å². The Kier molecular flexibility index (Phi) is 6.17. The molecule has 0 aliphatic rings. The molecule has 0 radical (unpaired) electrons. The molecule has 0 saturated carbocycles. The van der Waals surface area contributed by atoms with Crippen molar-refractivity contribution in [2.75, 3.05) is 13.1 Å². The van der Waals surface area contributed by atoms with Crippen LogP contribution < -0.4 is 5.73 Å². The Morgan fingerprint density at radius 2 is 1.41 bits per heavy atom. The maximum atomic E-state index is 12.4. The Morgan fingerprint density at radius 3 is 1.65 bits per heavy atom. The van der Waals surface area contributed by atoms with Gasteiger partial charge in [0.25, 0.3) is 0 Å². The van der Waals surface area contributed by atoms with Crippen LogP contribution in [0.4, 0.5) is 0 Å². The number of nitrogens with zero attached hydrogens (tertiary/aromatic N) is 1. The first-order chi connectivity index (χ1) is 7.55. The quantitative estimate of drug-likeness (QED) is 0.805. The second-order valence-corrected chi connectivity index (χ2v) is 6.87. The third-order valence-corrected chi connectivity index (χ3v) is 2.68. The third-order valence-electron chi connectivity index (χ3n) is 2.68. The van der Waals surface area contributed by atoms with Crippen LogP contribution in [0, 0.1) is 17.3 Å². The van der Waals surface area contributed by atoms with Crippen LogP contribution in [-0.2, 0) is 4.79 Å². The van der Waals surface area contributed by atoms with Gasteiger partial charge in [-0.1, -0.05) is 48.5 Å². The molecule has 0 aromatic rings. The highest BCUT2D eigenvalue weighted by atomic mass is 16.2. The van der Waals surface area contributed by atoms with Gasteiger partial charge in [0.15, 0.2) is 0 Å². The van der Waals surface area contributed by atoms with Crippen LogP contribution in [0.3, 0.4) is 0 Å². The molecule has 0 bridgehead atoms. The maximum Gasteiger partial charge on any atom is 0.240 e. The standard InChI is InChI=1S/C14H30N2O/c1-10(2)8-16(9-11(3)4)13(17)12(15)14(5,6)7/h10-12H,8-9,15H2,1-7H3. The molecule has 3 nitrogen and oxygen atoms in total. The highest BCUT2D eigenvalue weighted by Gasteiger charge is 2.31. The van der Waals surface area contributed by atoms with Gasteiger partial charge in [-0.15, -0.1) is 0 Å². The van der Waals surface area contributed by atoms with Gasteiger partial charge in [-0.05, 0) is 17.3 Å². The molecule has 1 amide bonds. The first-order valence-electron chi connectivity index (χ1n) is 6.60. The molecular weight excluding hydrogens is 212 g/mol. The van der Waals surface area contributed by atoms with E-state index in [-0.39, 0.29) is 11.3 Å². The van der Waals surface area contributed by atoms with Crippen molar-refractivity contribution in [2.24, 2.45) is 23.0 Å². The lowest BCUT2D eigenvalue weighted by atomic mass is 9.86. The molecule has 0 aromatic carbocycles. The van der Waals surface area contributed by atoms with Crippen LogP contribution in [0.1, 0.15) is 48.5 Å². The molecule has 3 heteroatoms. The van der Waals surface area contributed by atoms with E-state index in [0.717, 1.165) is 13.1 Å². The average molecular weight is 242 g/mol. The van der Waals surface area contributed by atoms with E-state index in [0.29, 0.717) is 11.8 Å². The summed E-state index contributed by atoms with van der Waals surface area (Å²) in [5.74, 6) is 1.04. The van der Waals surface area contributed by atoms with Crippen LogP contribution in [0.2, 0.25) is 0 Å². The molecule has 0 spiro atoms. The van der Waals surface area contributed by atoms with Gasteiger partial charge in [0.1, 0.15) is 0 Å². The van der Waals surface area contributed by atoms with E-state index in [4.69, 9.17) is 5.73 Å². The van der Waals surface area contributed by atoms with Crippen molar-refractivity contribution in [3.8, 4) is 0 Å². The first kappa shape index (κ1) is 16.4. The fraction of sp³-hybridized carbons (Fsp3) is 0.929. The number of hydrogen-bond acceptors (Lipinski definition) is 2. The molecule has 1 atom stereocenters. The Morgan fingerprint density at radius 1 is 1.06 bits per heavy atom. The molecule has 0 aliphatic carbocycles. The molecule has 0 rings (SSSR count). The average Bonchev–Trinajstić information content (AvgIpc) is 2.11. The summed E-state index contributed by atoms with van der Waals surface area (Å²) in [5.41, 5.74) is 5.88. The molecule has 1 unspecified atom stereocenters. The van der Waals surface area contributed by atoms with Crippen molar-refractivity contribution in [3.05, 3.63) is 0 Å². The van der Waals surface area contributed by atoms with E-state index in [1.54, 1.807) is 0 Å². The van der Waals surface area contributed by atoms with Gasteiger partial charge in [0, 0.05) is 13.1 Å². The van der Waals surface area contributed by atoms with Crippen LogP contribution >= 0.6 is 0 Å².